The molecule has 4 aromatic heterocycles. The zero-order valence-electron chi connectivity index (χ0n) is 18.0. The summed E-state index contributed by atoms with van der Waals surface area (Å²) in [4.78, 5) is 5.16. The first-order valence-corrected chi connectivity index (χ1v) is 13.2. The minimum Gasteiger partial charge on any atom is -0.173 e. The molecule has 0 radical (unpaired) electrons. The summed E-state index contributed by atoms with van der Waals surface area (Å²) in [7, 11) is 0. The van der Waals surface area contributed by atoms with E-state index in [1.54, 1.807) is 22.7 Å². The van der Waals surface area contributed by atoms with Crippen molar-refractivity contribution in [1.29, 1.82) is 0 Å². The second-order valence-electron chi connectivity index (χ2n) is 7.60. The highest BCUT2D eigenvalue weighted by Crippen LogP contribution is 2.38. The summed E-state index contributed by atoms with van der Waals surface area (Å²) < 4.78 is 17.5. The highest BCUT2D eigenvalue weighted by molar-refractivity contribution is 7.16. The van der Waals surface area contributed by atoms with Crippen LogP contribution in [0.5, 0.6) is 0 Å². The number of rotatable bonds is 2. The van der Waals surface area contributed by atoms with Crippen molar-refractivity contribution in [3.05, 3.63) is 69.4 Å². The van der Waals surface area contributed by atoms with E-state index in [1.807, 2.05) is 0 Å². The number of nitrogens with zero attached hydrogens (tertiary/aromatic N) is 4. The number of aromatic nitrogens is 4. The summed E-state index contributed by atoms with van der Waals surface area (Å²) in [6, 6.07) is 17.2. The first-order valence-electron chi connectivity index (χ1n) is 10.1. The van der Waals surface area contributed by atoms with Crippen LogP contribution < -0.4 is 0 Å². The van der Waals surface area contributed by atoms with Crippen molar-refractivity contribution >= 4 is 68.2 Å². The molecule has 6 aromatic rings. The van der Waals surface area contributed by atoms with Crippen LogP contribution in [-0.2, 0) is 0 Å². The van der Waals surface area contributed by atoms with Gasteiger partial charge < -0.3 is 0 Å². The molecule has 8 heteroatoms. The molecule has 4 heterocycles. The third-order valence-corrected chi connectivity index (χ3v) is 8.37. The highest BCUT2D eigenvalue weighted by atomic mass is 32.1. The van der Waals surface area contributed by atoms with E-state index in [2.05, 4.69) is 93.7 Å². The van der Waals surface area contributed by atoms with Crippen molar-refractivity contribution < 1.29 is 0 Å². The molecule has 0 atom stereocenters. The molecule has 0 aliphatic carbocycles. The SMILES string of the molecule is Cc1ccc(-c2ccc(-c3ccc(C)s3)c3nsnc23)s1.Cc1ccc(C)c2nsnc12. The number of thiophene rings is 2. The lowest BCUT2D eigenvalue weighted by atomic mass is 10.1. The van der Waals surface area contributed by atoms with Gasteiger partial charge in [0.1, 0.15) is 22.1 Å². The lowest BCUT2D eigenvalue weighted by Crippen LogP contribution is -1.81. The van der Waals surface area contributed by atoms with Crippen molar-refractivity contribution in [1.82, 2.24) is 17.5 Å². The lowest BCUT2D eigenvalue weighted by molar-refractivity contribution is 1.42. The quantitative estimate of drug-likeness (QED) is 0.245. The van der Waals surface area contributed by atoms with Crippen molar-refractivity contribution in [2.24, 2.45) is 0 Å². The van der Waals surface area contributed by atoms with Gasteiger partial charge in [-0.2, -0.15) is 17.5 Å². The molecule has 0 spiro atoms. The maximum absolute atomic E-state index is 4.54. The second-order valence-corrected chi connectivity index (χ2v) is 11.2. The molecular formula is C24H20N4S4. The number of aryl methyl sites for hydroxylation is 4. The topological polar surface area (TPSA) is 51.6 Å². The molecule has 0 saturated heterocycles. The number of benzene rings is 2. The van der Waals surface area contributed by atoms with Crippen LogP contribution in [0.2, 0.25) is 0 Å². The molecule has 2 aromatic carbocycles. The van der Waals surface area contributed by atoms with Crippen LogP contribution in [0.3, 0.4) is 0 Å². The Bertz CT molecular complexity index is 1430. The van der Waals surface area contributed by atoms with E-state index in [0.717, 1.165) is 22.1 Å². The summed E-state index contributed by atoms with van der Waals surface area (Å²) >= 11 is 6.18. The Morgan fingerprint density at radius 2 is 0.875 bits per heavy atom. The van der Waals surface area contributed by atoms with E-state index in [1.165, 1.54) is 65.2 Å². The number of hydrogen-bond donors (Lipinski definition) is 0. The third kappa shape index (κ3) is 3.99. The van der Waals surface area contributed by atoms with E-state index in [4.69, 9.17) is 0 Å². The summed E-state index contributed by atoms with van der Waals surface area (Å²) in [5, 5.41) is 0. The Balaban J connectivity index is 0.000000165. The van der Waals surface area contributed by atoms with Crippen LogP contribution in [0.4, 0.5) is 0 Å². The van der Waals surface area contributed by atoms with Crippen molar-refractivity contribution in [2.45, 2.75) is 27.7 Å². The van der Waals surface area contributed by atoms with Gasteiger partial charge in [-0.3, -0.25) is 0 Å². The summed E-state index contributed by atoms with van der Waals surface area (Å²) in [5.41, 5.74) is 8.93. The maximum Gasteiger partial charge on any atom is 0.114 e. The van der Waals surface area contributed by atoms with Gasteiger partial charge in [-0.15, -0.1) is 22.7 Å². The molecule has 0 bridgehead atoms. The van der Waals surface area contributed by atoms with Gasteiger partial charge in [0, 0.05) is 30.6 Å². The lowest BCUT2D eigenvalue weighted by Gasteiger charge is -2.03. The summed E-state index contributed by atoms with van der Waals surface area (Å²) in [5.74, 6) is 0. The molecule has 0 saturated carbocycles. The van der Waals surface area contributed by atoms with Crippen LogP contribution >= 0.6 is 46.1 Å². The number of fused-ring (bicyclic) bond motifs is 2. The van der Waals surface area contributed by atoms with E-state index in [9.17, 15) is 0 Å². The molecule has 0 aliphatic heterocycles. The smallest absolute Gasteiger partial charge is 0.114 e. The molecule has 0 aliphatic rings. The Kier molecular flexibility index (Phi) is 5.86. The van der Waals surface area contributed by atoms with E-state index in [0.29, 0.717) is 0 Å². The molecule has 32 heavy (non-hydrogen) atoms. The van der Waals surface area contributed by atoms with Crippen molar-refractivity contribution in [2.75, 3.05) is 0 Å². The van der Waals surface area contributed by atoms with Crippen LogP contribution in [0.1, 0.15) is 20.9 Å². The summed E-state index contributed by atoms with van der Waals surface area (Å²) in [6.45, 7) is 8.38. The Labute approximate surface area is 202 Å². The van der Waals surface area contributed by atoms with Gasteiger partial charge in [0.15, 0.2) is 0 Å². The van der Waals surface area contributed by atoms with Gasteiger partial charge in [0.2, 0.25) is 0 Å². The molecule has 0 N–H and O–H groups in total. The molecule has 4 nitrogen and oxygen atoms in total. The minimum absolute atomic E-state index is 1.02. The zero-order chi connectivity index (χ0) is 22.2. The van der Waals surface area contributed by atoms with Crippen LogP contribution in [0, 0.1) is 27.7 Å². The van der Waals surface area contributed by atoms with Gasteiger partial charge in [-0.05, 0) is 63.1 Å². The van der Waals surface area contributed by atoms with Gasteiger partial charge in [-0.1, -0.05) is 24.3 Å². The normalized spacial score (nSPS) is 11.1. The molecular weight excluding hydrogens is 473 g/mol. The van der Waals surface area contributed by atoms with Gasteiger partial charge in [0.05, 0.1) is 23.5 Å². The Morgan fingerprint density at radius 1 is 0.469 bits per heavy atom. The van der Waals surface area contributed by atoms with Gasteiger partial charge >= 0.3 is 0 Å². The average Bonchev–Trinajstić information content (AvgIpc) is 3.57. The fourth-order valence-electron chi connectivity index (χ4n) is 3.54. The van der Waals surface area contributed by atoms with Crippen molar-refractivity contribution in [3.8, 4) is 20.9 Å². The first-order chi connectivity index (χ1) is 15.5. The minimum atomic E-state index is 1.02. The fraction of sp³-hybridized carbons (Fsp3) is 0.167. The van der Waals surface area contributed by atoms with Gasteiger partial charge in [-0.25, -0.2) is 0 Å². The largest absolute Gasteiger partial charge is 0.173 e. The standard InChI is InChI=1S/C16H12N2S3.C8H8N2S/c1-9-3-7-13(19-9)11-5-6-12(14-8-4-10(2)20-14)16-15(11)17-21-18-16;1-5-3-4-6(2)8-7(5)9-11-10-8/h3-8H,1-2H3;3-4H,1-2H3. The average molecular weight is 493 g/mol. The Hall–Kier alpha value is -2.52. The number of hydrogen-bond acceptors (Lipinski definition) is 8. The second kappa shape index (κ2) is 8.78. The van der Waals surface area contributed by atoms with Crippen LogP contribution in [0.15, 0.2) is 48.5 Å². The van der Waals surface area contributed by atoms with E-state index < -0.39 is 0 Å². The maximum atomic E-state index is 4.54. The third-order valence-electron chi connectivity index (χ3n) is 5.25. The summed E-state index contributed by atoms with van der Waals surface area (Å²) in [6.07, 6.45) is 0. The molecule has 0 amide bonds. The van der Waals surface area contributed by atoms with Crippen molar-refractivity contribution in [3.63, 3.8) is 0 Å². The Morgan fingerprint density at radius 3 is 1.25 bits per heavy atom. The van der Waals surface area contributed by atoms with Gasteiger partial charge in [0.25, 0.3) is 0 Å². The van der Waals surface area contributed by atoms with E-state index >= 15 is 0 Å². The monoisotopic (exact) mass is 492 g/mol. The predicted octanol–water partition coefficient (Wildman–Crippen LogP) is 8.07. The van der Waals surface area contributed by atoms with Crippen LogP contribution in [0.25, 0.3) is 42.9 Å². The fourth-order valence-corrected chi connectivity index (χ4v) is 6.56. The predicted molar refractivity (Wildman–Crippen MR) is 140 cm³/mol. The molecule has 160 valence electrons. The van der Waals surface area contributed by atoms with Crippen LogP contribution in [-0.4, -0.2) is 17.5 Å². The molecule has 6 rings (SSSR count). The van der Waals surface area contributed by atoms with E-state index in [-0.39, 0.29) is 0 Å². The molecule has 0 unspecified atom stereocenters. The first kappa shape index (κ1) is 21.3. The zero-order valence-corrected chi connectivity index (χ0v) is 21.3. The highest BCUT2D eigenvalue weighted by Gasteiger charge is 2.15. The molecule has 0 fully saturated rings.